The van der Waals surface area contributed by atoms with Gasteiger partial charge in [0.2, 0.25) is 0 Å². The first kappa shape index (κ1) is 18.6. The summed E-state index contributed by atoms with van der Waals surface area (Å²) >= 11 is 0. The van der Waals surface area contributed by atoms with Crippen molar-refractivity contribution in [1.29, 1.82) is 0 Å². The van der Waals surface area contributed by atoms with Crippen LogP contribution in [0.4, 0.5) is 0 Å². The molecule has 0 aromatic heterocycles. The molecule has 0 bridgehead atoms. The molecular formula is C13H24NO3PS2. The van der Waals surface area contributed by atoms with Crippen molar-refractivity contribution in [2.24, 2.45) is 0 Å². The fourth-order valence-electron chi connectivity index (χ4n) is 2.02. The zero-order chi connectivity index (χ0) is 15.1. The number of hydrogen-bond donors (Lipinski definition) is 1. The van der Waals surface area contributed by atoms with Gasteiger partial charge in [0.1, 0.15) is 12.7 Å². The summed E-state index contributed by atoms with van der Waals surface area (Å²) < 4.78 is 13.5. The first-order chi connectivity index (χ1) is 9.47. The van der Waals surface area contributed by atoms with Gasteiger partial charge in [0, 0.05) is 23.6 Å². The van der Waals surface area contributed by atoms with Crippen molar-refractivity contribution in [2.45, 2.75) is 52.0 Å². The van der Waals surface area contributed by atoms with E-state index >= 15 is 0 Å². The minimum atomic E-state index is -1.61. The second-order valence-electron chi connectivity index (χ2n) is 5.09. The summed E-state index contributed by atoms with van der Waals surface area (Å²) in [4.78, 5) is 10.4. The molecule has 0 amide bonds. The molecule has 20 heavy (non-hydrogen) atoms. The smallest absolute Gasteiger partial charge is 0.256 e. The first-order valence-electron chi connectivity index (χ1n) is 6.70. The fourth-order valence-corrected chi connectivity index (χ4v) is 5.91. The highest BCUT2D eigenvalue weighted by molar-refractivity contribution is 8.76. The number of rotatable bonds is 7. The van der Waals surface area contributed by atoms with Crippen LogP contribution in [0.3, 0.4) is 0 Å². The van der Waals surface area contributed by atoms with E-state index in [2.05, 4.69) is 33.6 Å². The van der Waals surface area contributed by atoms with E-state index in [-0.39, 0.29) is 30.9 Å². The molecule has 116 valence electrons. The van der Waals surface area contributed by atoms with Crippen LogP contribution in [0.2, 0.25) is 0 Å². The Balaban J connectivity index is 2.60. The molecule has 1 saturated heterocycles. The van der Waals surface area contributed by atoms with Crippen molar-refractivity contribution in [3.05, 3.63) is 0 Å². The topological polar surface area (TPSA) is 41.9 Å². The predicted molar refractivity (Wildman–Crippen MR) is 89.6 cm³/mol. The lowest BCUT2D eigenvalue weighted by molar-refractivity contribution is 0.00769. The molecule has 0 aromatic carbocycles. The standard InChI is InChI=1S/C13H24NO3PS2/c1-6-7-16-12-8-19-20-9-13(12)17-18(15)14(10(2)3)11(4)5/h1,10-13,15H,7-9H2,2-5H3/t12?,13-,18?/m1/s1. The summed E-state index contributed by atoms with van der Waals surface area (Å²) in [6.45, 7) is 8.54. The second-order valence-corrected chi connectivity index (χ2v) is 8.82. The molecule has 0 saturated carbocycles. The van der Waals surface area contributed by atoms with Gasteiger partial charge >= 0.3 is 0 Å². The molecule has 1 N–H and O–H groups in total. The van der Waals surface area contributed by atoms with Gasteiger partial charge in [-0.05, 0) is 27.7 Å². The fraction of sp³-hybridized carbons (Fsp3) is 0.846. The predicted octanol–water partition coefficient (Wildman–Crippen LogP) is 3.12. The largest absolute Gasteiger partial charge is 0.362 e. The highest BCUT2D eigenvalue weighted by Crippen LogP contribution is 2.45. The van der Waals surface area contributed by atoms with Gasteiger partial charge in [-0.25, -0.2) is 4.67 Å². The van der Waals surface area contributed by atoms with E-state index in [1.165, 1.54) is 0 Å². The van der Waals surface area contributed by atoms with E-state index < -0.39 is 8.53 Å². The number of hydrogen-bond acceptors (Lipinski definition) is 6. The third-order valence-electron chi connectivity index (χ3n) is 2.83. The average Bonchev–Trinajstić information content (AvgIpc) is 2.36. The number of terminal acetylenes is 1. The normalized spacial score (nSPS) is 25.1. The molecule has 0 aliphatic carbocycles. The Hall–Kier alpha value is 0.530. The molecule has 1 fully saturated rings. The van der Waals surface area contributed by atoms with Crippen LogP contribution in [0.15, 0.2) is 0 Å². The summed E-state index contributed by atoms with van der Waals surface area (Å²) in [5.41, 5.74) is 0. The molecule has 7 heteroatoms. The summed E-state index contributed by atoms with van der Waals surface area (Å²) in [5.74, 6) is 4.13. The maximum Gasteiger partial charge on any atom is 0.256 e. The summed E-state index contributed by atoms with van der Waals surface area (Å²) in [6, 6.07) is 0.476. The average molecular weight is 337 g/mol. The molecule has 4 nitrogen and oxygen atoms in total. The maximum atomic E-state index is 10.4. The van der Waals surface area contributed by atoms with Gasteiger partial charge < -0.3 is 14.2 Å². The van der Waals surface area contributed by atoms with Crippen LogP contribution in [0, 0.1) is 12.3 Å². The summed E-state index contributed by atoms with van der Waals surface area (Å²) in [6.07, 6.45) is 5.09. The Morgan fingerprint density at radius 3 is 2.30 bits per heavy atom. The van der Waals surface area contributed by atoms with Gasteiger partial charge in [-0.15, -0.1) is 6.42 Å². The molecule has 1 heterocycles. The quantitative estimate of drug-likeness (QED) is 0.437. The lowest BCUT2D eigenvalue weighted by atomic mass is 10.2. The van der Waals surface area contributed by atoms with Gasteiger partial charge in [-0.2, -0.15) is 0 Å². The Kier molecular flexibility index (Phi) is 8.85. The second kappa shape index (κ2) is 9.53. The van der Waals surface area contributed by atoms with Crippen LogP contribution >= 0.6 is 30.1 Å². The van der Waals surface area contributed by atoms with Crippen LogP contribution in [-0.2, 0) is 9.26 Å². The molecule has 1 aliphatic heterocycles. The Morgan fingerprint density at radius 2 is 1.80 bits per heavy atom. The van der Waals surface area contributed by atoms with Crippen molar-refractivity contribution in [2.75, 3.05) is 18.1 Å². The van der Waals surface area contributed by atoms with E-state index in [1.54, 1.807) is 21.6 Å². The number of nitrogens with zero attached hydrogens (tertiary/aromatic N) is 1. The lowest BCUT2D eigenvalue weighted by Gasteiger charge is -2.37. The first-order valence-corrected chi connectivity index (χ1v) is 10.4. The van der Waals surface area contributed by atoms with Crippen molar-refractivity contribution in [3.63, 3.8) is 0 Å². The van der Waals surface area contributed by atoms with E-state index in [1.807, 2.05) is 4.67 Å². The van der Waals surface area contributed by atoms with E-state index in [9.17, 15) is 4.89 Å². The van der Waals surface area contributed by atoms with Crippen LogP contribution in [-0.4, -0.2) is 52.0 Å². The highest BCUT2D eigenvalue weighted by atomic mass is 33.1. The van der Waals surface area contributed by atoms with Gasteiger partial charge in [0.15, 0.2) is 0 Å². The molecule has 2 unspecified atom stereocenters. The lowest BCUT2D eigenvalue weighted by Crippen LogP contribution is -2.40. The molecule has 0 spiro atoms. The minimum Gasteiger partial charge on any atom is -0.362 e. The molecule has 1 rings (SSSR count). The van der Waals surface area contributed by atoms with E-state index in [4.69, 9.17) is 15.7 Å². The summed E-state index contributed by atoms with van der Waals surface area (Å²) in [7, 11) is 1.90. The number of ether oxygens (including phenoxy) is 1. The van der Waals surface area contributed by atoms with Crippen molar-refractivity contribution in [3.8, 4) is 12.3 Å². The molecule has 0 radical (unpaired) electrons. The van der Waals surface area contributed by atoms with Gasteiger partial charge in [0.25, 0.3) is 8.53 Å². The van der Waals surface area contributed by atoms with Gasteiger partial charge in [-0.1, -0.05) is 27.5 Å². The van der Waals surface area contributed by atoms with Crippen molar-refractivity contribution >= 4 is 30.1 Å². The van der Waals surface area contributed by atoms with Crippen LogP contribution in [0.1, 0.15) is 27.7 Å². The maximum absolute atomic E-state index is 10.4. The van der Waals surface area contributed by atoms with Crippen molar-refractivity contribution < 1.29 is 14.2 Å². The zero-order valence-corrected chi connectivity index (χ0v) is 15.0. The Bertz CT molecular complexity index is 317. The third kappa shape index (κ3) is 5.73. The SMILES string of the molecule is C#CCOC1CSSC[C@H]1OP(O)N(C(C)C)C(C)C. The van der Waals surface area contributed by atoms with E-state index in [0.29, 0.717) is 0 Å². The molecule has 0 aromatic rings. The third-order valence-corrected chi connectivity index (χ3v) is 7.02. The van der Waals surface area contributed by atoms with Gasteiger partial charge in [0.05, 0.1) is 6.10 Å². The van der Waals surface area contributed by atoms with Crippen molar-refractivity contribution in [1.82, 2.24) is 4.67 Å². The Morgan fingerprint density at radius 1 is 1.25 bits per heavy atom. The molecule has 3 atom stereocenters. The molecular weight excluding hydrogens is 313 g/mol. The van der Waals surface area contributed by atoms with Crippen LogP contribution < -0.4 is 0 Å². The minimum absolute atomic E-state index is 0.0457. The van der Waals surface area contributed by atoms with Crippen LogP contribution in [0.5, 0.6) is 0 Å². The Labute approximate surface area is 131 Å². The highest BCUT2D eigenvalue weighted by Gasteiger charge is 2.33. The molecule has 1 aliphatic rings. The van der Waals surface area contributed by atoms with Crippen LogP contribution in [0.25, 0.3) is 0 Å². The summed E-state index contributed by atoms with van der Waals surface area (Å²) in [5, 5.41) is 0. The zero-order valence-electron chi connectivity index (χ0n) is 12.5. The monoisotopic (exact) mass is 337 g/mol. The van der Waals surface area contributed by atoms with Gasteiger partial charge in [-0.3, -0.25) is 0 Å². The van der Waals surface area contributed by atoms with E-state index in [0.717, 1.165) is 11.5 Å².